The maximum atomic E-state index is 13.1. The zero-order chi connectivity index (χ0) is 18.0. The molecule has 0 saturated carbocycles. The van der Waals surface area contributed by atoms with E-state index >= 15 is 0 Å². The summed E-state index contributed by atoms with van der Waals surface area (Å²) in [6.07, 6.45) is 2.35. The van der Waals surface area contributed by atoms with E-state index in [0.29, 0.717) is 30.2 Å². The average molecular weight is 339 g/mol. The molecular weight excluding hydrogens is 318 g/mol. The van der Waals surface area contributed by atoms with Crippen LogP contribution < -0.4 is 15.1 Å². The van der Waals surface area contributed by atoms with E-state index in [1.807, 2.05) is 36.9 Å². The van der Waals surface area contributed by atoms with Crippen LogP contribution in [0.25, 0.3) is 0 Å². The molecule has 2 heterocycles. The topological polar surface area (TPSA) is 78.4 Å². The fraction of sp³-hybridized carbons (Fsp3) is 0.333. The van der Waals surface area contributed by atoms with Crippen molar-refractivity contribution in [1.82, 2.24) is 10.2 Å². The van der Waals surface area contributed by atoms with E-state index in [1.54, 1.807) is 11.0 Å². The Hall–Kier alpha value is -2.96. The molecule has 0 aliphatic carbocycles. The summed E-state index contributed by atoms with van der Waals surface area (Å²) in [4.78, 5) is 28.2. The minimum atomic E-state index is -0.150. The smallest absolute Gasteiger partial charge is 0.262 e. The molecule has 1 aliphatic heterocycles. The van der Waals surface area contributed by atoms with Crippen LogP contribution in [0, 0.1) is 0 Å². The van der Waals surface area contributed by atoms with Gasteiger partial charge in [0.1, 0.15) is 0 Å². The molecule has 2 amide bonds. The fourth-order valence-electron chi connectivity index (χ4n) is 3.07. The highest BCUT2D eigenvalue weighted by molar-refractivity contribution is 6.13. The lowest BCUT2D eigenvalue weighted by Gasteiger charge is -2.26. The molecule has 1 aromatic carbocycles. The number of hydrogen-bond acceptors (Lipinski definition) is 5. The molecule has 25 heavy (non-hydrogen) atoms. The molecule has 7 heteroatoms. The van der Waals surface area contributed by atoms with Crippen LogP contribution in [-0.4, -0.2) is 35.1 Å². The van der Waals surface area contributed by atoms with Crippen LogP contribution in [0.4, 0.5) is 22.9 Å². The number of nitrogens with one attached hydrogen (secondary N) is 1. The Bertz CT molecular complexity index is 821. The molecule has 1 aliphatic rings. The summed E-state index contributed by atoms with van der Waals surface area (Å²) in [5.74, 6) is 0.300. The molecule has 1 N–H and O–H groups in total. The third-order valence-corrected chi connectivity index (χ3v) is 4.07. The summed E-state index contributed by atoms with van der Waals surface area (Å²) in [6, 6.07) is 7.28. The van der Waals surface area contributed by atoms with Crippen molar-refractivity contribution in [3.05, 3.63) is 36.0 Å². The zero-order valence-electron chi connectivity index (χ0n) is 14.6. The van der Waals surface area contributed by atoms with Crippen molar-refractivity contribution in [2.24, 2.45) is 0 Å². The Kier molecular flexibility index (Phi) is 4.65. The number of anilines is 4. The lowest BCUT2D eigenvalue weighted by molar-refractivity contribution is -0.114. The van der Waals surface area contributed by atoms with Gasteiger partial charge in [-0.15, -0.1) is 5.10 Å². The van der Waals surface area contributed by atoms with Gasteiger partial charge in [-0.3, -0.25) is 9.59 Å². The Balaban J connectivity index is 2.22. The molecule has 1 aromatic heterocycles. The quantitative estimate of drug-likeness (QED) is 0.926. The molecule has 0 spiro atoms. The highest BCUT2D eigenvalue weighted by Gasteiger charge is 2.31. The van der Waals surface area contributed by atoms with Crippen molar-refractivity contribution in [2.75, 3.05) is 28.2 Å². The van der Waals surface area contributed by atoms with E-state index in [0.717, 1.165) is 17.8 Å². The number of rotatable bonds is 4. The molecule has 0 unspecified atom stereocenters. The molecule has 3 rings (SSSR count). The summed E-state index contributed by atoms with van der Waals surface area (Å²) in [6.45, 7) is 6.72. The third-order valence-electron chi connectivity index (χ3n) is 4.07. The Labute approximate surface area is 146 Å². The van der Waals surface area contributed by atoms with E-state index < -0.39 is 0 Å². The number of fused-ring (bicyclic) bond motifs is 2. The van der Waals surface area contributed by atoms with Gasteiger partial charge in [-0.2, -0.15) is 5.10 Å². The summed E-state index contributed by atoms with van der Waals surface area (Å²) in [7, 11) is 0. The first-order valence-electron chi connectivity index (χ1n) is 8.39. The van der Waals surface area contributed by atoms with Crippen LogP contribution in [0.15, 0.2) is 30.5 Å². The Morgan fingerprint density at radius 2 is 1.96 bits per heavy atom. The highest BCUT2D eigenvalue weighted by Crippen LogP contribution is 2.40. The number of aromatic nitrogens is 2. The molecule has 0 saturated heterocycles. The highest BCUT2D eigenvalue weighted by atomic mass is 16.2. The van der Waals surface area contributed by atoms with Crippen molar-refractivity contribution >= 4 is 34.7 Å². The molecule has 130 valence electrons. The predicted molar refractivity (Wildman–Crippen MR) is 97.4 cm³/mol. The maximum Gasteiger partial charge on any atom is 0.262 e. The Morgan fingerprint density at radius 1 is 1.16 bits per heavy atom. The minimum Gasteiger partial charge on any atom is -0.326 e. The van der Waals surface area contributed by atoms with E-state index in [2.05, 4.69) is 15.5 Å². The normalized spacial score (nSPS) is 13.2. The number of carbonyl (C=O) groups is 2. The SMILES string of the molecule is CCCN1C(=O)c2ccnnc2N(CC)c2ccc(NC(C)=O)cc21. The van der Waals surface area contributed by atoms with Crippen molar-refractivity contribution in [3.8, 4) is 0 Å². The summed E-state index contributed by atoms with van der Waals surface area (Å²) in [5.41, 5.74) is 2.83. The minimum absolute atomic E-state index is 0.107. The van der Waals surface area contributed by atoms with Crippen LogP contribution in [0.2, 0.25) is 0 Å². The van der Waals surface area contributed by atoms with E-state index in [-0.39, 0.29) is 11.8 Å². The summed E-state index contributed by atoms with van der Waals surface area (Å²) in [5, 5.41) is 10.9. The molecule has 7 nitrogen and oxygen atoms in total. The van der Waals surface area contributed by atoms with Crippen molar-refractivity contribution in [1.29, 1.82) is 0 Å². The van der Waals surface area contributed by atoms with E-state index in [9.17, 15) is 9.59 Å². The van der Waals surface area contributed by atoms with Crippen LogP contribution in [0.3, 0.4) is 0 Å². The molecule has 2 aromatic rings. The van der Waals surface area contributed by atoms with Gasteiger partial charge in [0, 0.05) is 25.7 Å². The number of nitrogens with zero attached hydrogens (tertiary/aromatic N) is 4. The molecule has 0 bridgehead atoms. The maximum absolute atomic E-state index is 13.1. The fourth-order valence-corrected chi connectivity index (χ4v) is 3.07. The molecule has 0 radical (unpaired) electrons. The van der Waals surface area contributed by atoms with Crippen molar-refractivity contribution < 1.29 is 9.59 Å². The largest absolute Gasteiger partial charge is 0.326 e. The van der Waals surface area contributed by atoms with E-state index in [1.165, 1.54) is 13.1 Å². The number of amides is 2. The van der Waals surface area contributed by atoms with Gasteiger partial charge >= 0.3 is 0 Å². The van der Waals surface area contributed by atoms with Crippen LogP contribution in [0.1, 0.15) is 37.6 Å². The average Bonchev–Trinajstić information content (AvgIpc) is 2.69. The second-order valence-corrected chi connectivity index (χ2v) is 5.85. The lowest BCUT2D eigenvalue weighted by Crippen LogP contribution is -2.31. The van der Waals surface area contributed by atoms with Gasteiger partial charge in [0.2, 0.25) is 5.91 Å². The molecule has 0 atom stereocenters. The first kappa shape index (κ1) is 16.9. The van der Waals surface area contributed by atoms with Crippen LogP contribution in [0.5, 0.6) is 0 Å². The third kappa shape index (κ3) is 3.05. The van der Waals surface area contributed by atoms with E-state index in [4.69, 9.17) is 0 Å². The number of carbonyl (C=O) groups excluding carboxylic acids is 2. The van der Waals surface area contributed by atoms with Gasteiger partial charge in [0.15, 0.2) is 5.82 Å². The lowest BCUT2D eigenvalue weighted by atomic mass is 10.2. The number of hydrogen-bond donors (Lipinski definition) is 1. The monoisotopic (exact) mass is 339 g/mol. The summed E-state index contributed by atoms with van der Waals surface area (Å²) < 4.78 is 0. The van der Waals surface area contributed by atoms with Gasteiger partial charge in [-0.05, 0) is 37.6 Å². The van der Waals surface area contributed by atoms with Gasteiger partial charge < -0.3 is 15.1 Å². The summed E-state index contributed by atoms with van der Waals surface area (Å²) >= 11 is 0. The number of benzene rings is 1. The van der Waals surface area contributed by atoms with Gasteiger partial charge in [-0.25, -0.2) is 0 Å². The second-order valence-electron chi connectivity index (χ2n) is 5.85. The van der Waals surface area contributed by atoms with Crippen molar-refractivity contribution in [3.63, 3.8) is 0 Å². The van der Waals surface area contributed by atoms with Gasteiger partial charge in [0.05, 0.1) is 23.1 Å². The predicted octanol–water partition coefficient (Wildman–Crippen LogP) is 2.96. The Morgan fingerprint density at radius 3 is 2.64 bits per heavy atom. The van der Waals surface area contributed by atoms with Gasteiger partial charge in [-0.1, -0.05) is 6.92 Å². The van der Waals surface area contributed by atoms with Crippen molar-refractivity contribution in [2.45, 2.75) is 27.2 Å². The van der Waals surface area contributed by atoms with Crippen LogP contribution in [-0.2, 0) is 4.79 Å². The second kappa shape index (κ2) is 6.88. The first-order chi connectivity index (χ1) is 12.1. The zero-order valence-corrected chi connectivity index (χ0v) is 14.6. The van der Waals surface area contributed by atoms with Gasteiger partial charge in [0.25, 0.3) is 5.91 Å². The molecule has 0 fully saturated rings. The van der Waals surface area contributed by atoms with Crippen LogP contribution >= 0.6 is 0 Å². The first-order valence-corrected chi connectivity index (χ1v) is 8.39. The standard InChI is InChI=1S/C18H21N5O2/c1-4-10-23-16-11-13(20-12(3)24)6-7-15(16)22(5-2)17-14(18(23)25)8-9-19-21-17/h6-9,11H,4-5,10H2,1-3H3,(H,20,24). The molecular formula is C18H21N5O2.